The van der Waals surface area contributed by atoms with Crippen molar-refractivity contribution in [3.05, 3.63) is 399 Å². The van der Waals surface area contributed by atoms with Gasteiger partial charge in [-0.15, -0.1) is 0 Å². The molecule has 0 fully saturated rings. The molecule has 0 amide bonds. The van der Waals surface area contributed by atoms with Gasteiger partial charge >= 0.3 is 0 Å². The maximum absolute atomic E-state index is 2.48. The lowest BCUT2D eigenvalue weighted by atomic mass is 9.85. The molecule has 0 radical (unpaired) electrons. The average molecular weight is 1330 g/mol. The number of aromatic nitrogens is 2. The van der Waals surface area contributed by atoms with Crippen molar-refractivity contribution in [3.8, 4) is 33.6 Å². The van der Waals surface area contributed by atoms with Gasteiger partial charge < -0.3 is 28.7 Å². The normalized spacial score (nSPS) is 12.6. The number of hydrogen-bond donors (Lipinski definition) is 0. The van der Waals surface area contributed by atoms with E-state index in [2.05, 4.69) is 417 Å². The standard InChI is InChI=1S/C98H72N6/c1-9-29-71(30-10-1)99(72-31-11-2-12-32-72)79-53-49-69(50-54-79)97-87-61-57-82(102(76-39-19-6-20-40-76)84-60-64-96-90(66-84)86-46-26-28-48-94(86)104(96)78-43-23-8-24-44-78)68-92(87)98(70-51-55-80(56-52-70)100(73-33-13-3-14-34-73)74-35-15-4-16-36-74)88-62-58-81(67-91(88)97)101(75-37-17-5-18-38-75)83-59-63-95-89(65-83)85-45-25-27-47-93(85)103(95)77-41-21-7-22-42-77/h1-15,17-27,29-35,37-47,49-68H,16,28,36,48H2. The molecule has 0 spiro atoms. The third-order valence-electron chi connectivity index (χ3n) is 20.9. The second kappa shape index (κ2) is 26.6. The highest BCUT2D eigenvalue weighted by Crippen LogP contribution is 2.51. The Morgan fingerprint density at radius 2 is 0.596 bits per heavy atom. The molecule has 0 N–H and O–H groups in total. The summed E-state index contributed by atoms with van der Waals surface area (Å²) in [5.74, 6) is 0. The average Bonchev–Trinajstić information content (AvgIpc) is 1.19. The summed E-state index contributed by atoms with van der Waals surface area (Å²) in [6, 6.07) is 132. The van der Waals surface area contributed by atoms with Crippen LogP contribution in [0.25, 0.3) is 94.0 Å². The molecule has 0 saturated carbocycles. The number of benzene rings is 15. The SMILES string of the molecule is C1=CCCC(N(c2ccccc2)c2ccc(-c3c4ccc(N(c5ccccc5)c5ccc6c(c5)c5ccccc5n6-c5ccccc5)cc4c(-c4ccc(N(c5ccccc5)c5ccccc5)cc4)c4ccc(N(c5ccccc5)c5ccc6c(c5)c5c(n6-c6ccccc6)CCC=C5)cc34)cc2)=C1. The highest BCUT2D eigenvalue weighted by molar-refractivity contribution is 6.23. The van der Waals surface area contributed by atoms with Gasteiger partial charge in [0.05, 0.1) is 16.6 Å². The van der Waals surface area contributed by atoms with Gasteiger partial charge in [0.25, 0.3) is 0 Å². The topological polar surface area (TPSA) is 22.8 Å². The van der Waals surface area contributed by atoms with Crippen LogP contribution >= 0.6 is 0 Å². The molecule has 2 aliphatic carbocycles. The number of rotatable bonds is 16. The second-order valence-corrected chi connectivity index (χ2v) is 27.0. The Hall–Kier alpha value is -13.4. The van der Waals surface area contributed by atoms with Crippen molar-refractivity contribution >= 4 is 123 Å². The Morgan fingerprint density at radius 1 is 0.240 bits per heavy atom. The van der Waals surface area contributed by atoms with Gasteiger partial charge in [0.15, 0.2) is 0 Å². The Labute approximate surface area is 606 Å². The highest BCUT2D eigenvalue weighted by Gasteiger charge is 2.27. The fraction of sp³-hybridized carbons (Fsp3) is 0.0408. The lowest BCUT2D eigenvalue weighted by Crippen LogP contribution is -2.17. The van der Waals surface area contributed by atoms with Crippen molar-refractivity contribution in [2.24, 2.45) is 0 Å². The lowest BCUT2D eigenvalue weighted by Gasteiger charge is -2.29. The molecule has 0 bridgehead atoms. The van der Waals surface area contributed by atoms with E-state index in [9.17, 15) is 0 Å². The van der Waals surface area contributed by atoms with Crippen molar-refractivity contribution < 1.29 is 0 Å². The predicted octanol–water partition coefficient (Wildman–Crippen LogP) is 27.1. The number of anilines is 11. The fourth-order valence-corrected chi connectivity index (χ4v) is 16.3. The van der Waals surface area contributed by atoms with Crippen LogP contribution < -0.4 is 19.6 Å². The molecular weight excluding hydrogens is 1260 g/mol. The summed E-state index contributed by atoms with van der Waals surface area (Å²) >= 11 is 0. The largest absolute Gasteiger partial charge is 0.314 e. The van der Waals surface area contributed by atoms with Gasteiger partial charge in [-0.1, -0.05) is 206 Å². The summed E-state index contributed by atoms with van der Waals surface area (Å²) in [4.78, 5) is 9.69. The molecule has 0 saturated heterocycles. The number of hydrogen-bond acceptors (Lipinski definition) is 4. The van der Waals surface area contributed by atoms with E-state index in [0.717, 1.165) is 143 Å². The zero-order valence-electron chi connectivity index (χ0n) is 57.5. The zero-order valence-corrected chi connectivity index (χ0v) is 57.5. The number of para-hydroxylation sites is 8. The summed E-state index contributed by atoms with van der Waals surface area (Å²) in [7, 11) is 0. The number of allylic oxidation sites excluding steroid dienone is 5. The van der Waals surface area contributed by atoms with Crippen molar-refractivity contribution in [3.63, 3.8) is 0 Å². The maximum atomic E-state index is 2.48. The molecule has 2 aliphatic rings. The first-order chi connectivity index (χ1) is 51.6. The molecule has 6 heteroatoms. The molecule has 19 rings (SSSR count). The first kappa shape index (κ1) is 61.7. The first-order valence-electron chi connectivity index (χ1n) is 36.2. The quantitative estimate of drug-likeness (QED) is 0.0900. The van der Waals surface area contributed by atoms with E-state index in [0.29, 0.717) is 0 Å². The van der Waals surface area contributed by atoms with E-state index in [4.69, 9.17) is 0 Å². The summed E-state index contributed by atoms with van der Waals surface area (Å²) in [5, 5.41) is 8.18. The molecule has 0 atom stereocenters. The molecule has 494 valence electrons. The van der Waals surface area contributed by atoms with Crippen LogP contribution in [0.15, 0.2) is 388 Å². The van der Waals surface area contributed by atoms with Gasteiger partial charge in [0.1, 0.15) is 0 Å². The summed E-state index contributed by atoms with van der Waals surface area (Å²) in [5.41, 5.74) is 26.1. The zero-order chi connectivity index (χ0) is 68.9. The van der Waals surface area contributed by atoms with E-state index in [1.807, 2.05) is 0 Å². The molecule has 2 heterocycles. The maximum Gasteiger partial charge on any atom is 0.0542 e. The van der Waals surface area contributed by atoms with Gasteiger partial charge in [0, 0.05) is 107 Å². The first-order valence-corrected chi connectivity index (χ1v) is 36.2. The molecule has 0 aliphatic heterocycles. The molecule has 2 aromatic heterocycles. The highest BCUT2D eigenvalue weighted by atomic mass is 15.2. The van der Waals surface area contributed by atoms with Crippen LogP contribution in [0.3, 0.4) is 0 Å². The number of fused-ring (bicyclic) bond motifs is 8. The summed E-state index contributed by atoms with van der Waals surface area (Å²) in [6.45, 7) is 0. The molecule has 0 unspecified atom stereocenters. The van der Waals surface area contributed by atoms with Crippen molar-refractivity contribution in [2.45, 2.75) is 25.7 Å². The van der Waals surface area contributed by atoms with Crippen molar-refractivity contribution in [2.75, 3.05) is 19.6 Å². The molecule has 104 heavy (non-hydrogen) atoms. The van der Waals surface area contributed by atoms with Gasteiger partial charge in [0.2, 0.25) is 0 Å². The van der Waals surface area contributed by atoms with Crippen LogP contribution in [-0.4, -0.2) is 9.13 Å². The van der Waals surface area contributed by atoms with Crippen molar-refractivity contribution in [1.82, 2.24) is 9.13 Å². The Kier molecular flexibility index (Phi) is 15.8. The van der Waals surface area contributed by atoms with Crippen LogP contribution in [0.2, 0.25) is 0 Å². The van der Waals surface area contributed by atoms with Gasteiger partial charge in [-0.25, -0.2) is 0 Å². The molecular formula is C98H72N6. The van der Waals surface area contributed by atoms with Gasteiger partial charge in [-0.05, 0) is 251 Å². The van der Waals surface area contributed by atoms with E-state index < -0.39 is 0 Å². The minimum absolute atomic E-state index is 0.945. The second-order valence-electron chi connectivity index (χ2n) is 27.0. The third-order valence-corrected chi connectivity index (χ3v) is 20.9. The van der Waals surface area contributed by atoms with Crippen LogP contribution in [0.1, 0.15) is 30.5 Å². The van der Waals surface area contributed by atoms with Crippen LogP contribution in [0.4, 0.5) is 62.6 Å². The van der Waals surface area contributed by atoms with E-state index >= 15 is 0 Å². The Balaban J connectivity index is 0.871. The summed E-state index contributed by atoms with van der Waals surface area (Å²) in [6.07, 6.45) is 15.3. The Bertz CT molecular complexity index is 6080. The number of nitrogens with zero attached hydrogens (tertiary/aromatic N) is 6. The van der Waals surface area contributed by atoms with Crippen LogP contribution in [0, 0.1) is 0 Å². The van der Waals surface area contributed by atoms with Gasteiger partial charge in [-0.3, -0.25) is 0 Å². The van der Waals surface area contributed by atoms with E-state index in [-0.39, 0.29) is 0 Å². The predicted molar refractivity (Wildman–Crippen MR) is 440 cm³/mol. The molecule has 15 aromatic carbocycles. The van der Waals surface area contributed by atoms with Crippen molar-refractivity contribution in [1.29, 1.82) is 0 Å². The van der Waals surface area contributed by atoms with Crippen LogP contribution in [-0.2, 0) is 6.42 Å². The monoisotopic (exact) mass is 1330 g/mol. The van der Waals surface area contributed by atoms with Crippen LogP contribution in [0.5, 0.6) is 0 Å². The lowest BCUT2D eigenvalue weighted by molar-refractivity contribution is 0.888. The van der Waals surface area contributed by atoms with E-state index in [1.165, 1.54) is 49.8 Å². The third kappa shape index (κ3) is 11.0. The molecule has 6 nitrogen and oxygen atoms in total. The smallest absolute Gasteiger partial charge is 0.0542 e. The van der Waals surface area contributed by atoms with Gasteiger partial charge in [-0.2, -0.15) is 0 Å². The minimum atomic E-state index is 0.945. The molecule has 17 aromatic rings. The Morgan fingerprint density at radius 3 is 1.08 bits per heavy atom. The van der Waals surface area contributed by atoms with E-state index in [1.54, 1.807) is 0 Å². The summed E-state index contributed by atoms with van der Waals surface area (Å²) < 4.78 is 4.88. The fourth-order valence-electron chi connectivity index (χ4n) is 16.3. The minimum Gasteiger partial charge on any atom is -0.314 e.